The first-order chi connectivity index (χ1) is 3.27. The predicted molar refractivity (Wildman–Crippen MR) is 29.4 cm³/mol. The van der Waals surface area contributed by atoms with E-state index in [1.54, 1.807) is 7.11 Å². The molecule has 0 spiro atoms. The molecule has 0 aliphatic carbocycles. The number of carbonyl (C=O) groups is 1. The first-order valence-corrected chi connectivity index (χ1v) is 3.29. The fourth-order valence-corrected chi connectivity index (χ4v) is 0.521. The largest absolute Gasteiger partial charge is 0.407 e. The zero-order valence-electron chi connectivity index (χ0n) is 4.52. The molecule has 0 fully saturated rings. The molecular weight excluding hydrogens is 110 g/mol. The van der Waals surface area contributed by atoms with Crippen LogP contribution in [0.25, 0.3) is 0 Å². The van der Waals surface area contributed by atoms with Gasteiger partial charge in [-0.2, -0.15) is 0 Å². The molecule has 0 unspecified atom stereocenters. The highest BCUT2D eigenvalue weighted by Crippen LogP contribution is 1.55. The molecule has 42 valence electrons. The predicted octanol–water partition coefficient (Wildman–Crippen LogP) is -1.23. The van der Waals surface area contributed by atoms with Crippen molar-refractivity contribution in [2.45, 2.75) is 6.92 Å². The van der Waals surface area contributed by atoms with Crippen molar-refractivity contribution in [1.29, 1.82) is 0 Å². The monoisotopic (exact) mass is 119 g/mol. The molecular formula is C3H9NO2Si. The Morgan fingerprint density at radius 2 is 2.43 bits per heavy atom. The van der Waals surface area contributed by atoms with E-state index in [9.17, 15) is 4.79 Å². The molecule has 0 rings (SSSR count). The van der Waals surface area contributed by atoms with Crippen molar-refractivity contribution in [1.82, 2.24) is 4.98 Å². The number of hydrogen-bond donors (Lipinski definition) is 1. The van der Waals surface area contributed by atoms with Crippen molar-refractivity contribution in [3.63, 3.8) is 0 Å². The Bertz CT molecular complexity index is 66.0. The van der Waals surface area contributed by atoms with E-state index < -0.39 is 9.92 Å². The van der Waals surface area contributed by atoms with E-state index in [4.69, 9.17) is 0 Å². The van der Waals surface area contributed by atoms with Crippen molar-refractivity contribution in [2.24, 2.45) is 0 Å². The van der Waals surface area contributed by atoms with Gasteiger partial charge in [-0.15, -0.1) is 0 Å². The number of carbonyl (C=O) groups excluding carboxylic acids is 1. The summed E-state index contributed by atoms with van der Waals surface area (Å²) in [6, 6.07) is 0. The van der Waals surface area contributed by atoms with Crippen LogP contribution in [0.1, 0.15) is 6.92 Å². The molecule has 0 aliphatic rings. The number of rotatable bonds is 2. The summed E-state index contributed by atoms with van der Waals surface area (Å²) in [7, 11) is 0.860. The van der Waals surface area contributed by atoms with Gasteiger partial charge in [0.25, 0.3) is 9.92 Å². The van der Waals surface area contributed by atoms with Crippen LogP contribution in [0.15, 0.2) is 0 Å². The summed E-state index contributed by atoms with van der Waals surface area (Å²) in [5, 5.41) is 0. The molecule has 0 heterocycles. The summed E-state index contributed by atoms with van der Waals surface area (Å²) in [5.41, 5.74) is 0. The molecule has 0 saturated heterocycles. The van der Waals surface area contributed by atoms with Crippen LogP contribution in [0, 0.1) is 0 Å². The van der Waals surface area contributed by atoms with Crippen LogP contribution in [0.5, 0.6) is 0 Å². The standard InChI is InChI=1S/C3H9NO2Si/c1-3(5)4-7-6-2/h7H2,1-2H3,(H,4,5). The Morgan fingerprint density at radius 3 is 2.57 bits per heavy atom. The molecule has 7 heavy (non-hydrogen) atoms. The molecule has 1 amide bonds. The first kappa shape index (κ1) is 6.65. The number of amides is 1. The van der Waals surface area contributed by atoms with Crippen LogP contribution in [-0.2, 0) is 9.22 Å². The molecule has 0 radical (unpaired) electrons. The third-order valence-electron chi connectivity index (χ3n) is 0.465. The lowest BCUT2D eigenvalue weighted by Crippen LogP contribution is -2.25. The van der Waals surface area contributed by atoms with Gasteiger partial charge in [-0.1, -0.05) is 0 Å². The molecule has 0 saturated carbocycles. The topological polar surface area (TPSA) is 38.3 Å². The lowest BCUT2D eigenvalue weighted by molar-refractivity contribution is -0.117. The maximum absolute atomic E-state index is 10.0. The summed E-state index contributed by atoms with van der Waals surface area (Å²) >= 11 is 0. The summed E-state index contributed by atoms with van der Waals surface area (Å²) in [6.07, 6.45) is 0. The number of hydrogen-bond acceptors (Lipinski definition) is 2. The smallest absolute Gasteiger partial charge is 0.266 e. The van der Waals surface area contributed by atoms with Gasteiger partial charge in [0, 0.05) is 14.0 Å². The van der Waals surface area contributed by atoms with Gasteiger partial charge in [-0.3, -0.25) is 4.79 Å². The van der Waals surface area contributed by atoms with Crippen LogP contribution >= 0.6 is 0 Å². The Hall–Kier alpha value is -0.353. The molecule has 0 aromatic heterocycles. The Morgan fingerprint density at radius 1 is 1.86 bits per heavy atom. The minimum Gasteiger partial charge on any atom is -0.407 e. The van der Waals surface area contributed by atoms with E-state index in [2.05, 4.69) is 9.41 Å². The molecule has 0 bridgehead atoms. The lowest BCUT2D eigenvalue weighted by Gasteiger charge is -1.93. The Labute approximate surface area is 45.1 Å². The van der Waals surface area contributed by atoms with Crippen molar-refractivity contribution in [2.75, 3.05) is 7.11 Å². The van der Waals surface area contributed by atoms with Crippen LogP contribution in [0.3, 0.4) is 0 Å². The zero-order chi connectivity index (χ0) is 5.70. The molecule has 3 nitrogen and oxygen atoms in total. The van der Waals surface area contributed by atoms with Gasteiger partial charge in [0.1, 0.15) is 0 Å². The van der Waals surface area contributed by atoms with E-state index in [1.165, 1.54) is 6.92 Å². The van der Waals surface area contributed by atoms with Crippen molar-refractivity contribution in [3.05, 3.63) is 0 Å². The van der Waals surface area contributed by atoms with Crippen molar-refractivity contribution in [3.8, 4) is 0 Å². The highest BCUT2D eigenvalue weighted by atomic mass is 28.2. The second-order valence-electron chi connectivity index (χ2n) is 1.17. The van der Waals surface area contributed by atoms with E-state index in [1.807, 2.05) is 0 Å². The quantitative estimate of drug-likeness (QED) is 0.462. The van der Waals surface area contributed by atoms with Gasteiger partial charge in [0.05, 0.1) is 0 Å². The number of nitrogens with one attached hydrogen (secondary N) is 1. The van der Waals surface area contributed by atoms with E-state index in [0.29, 0.717) is 0 Å². The minimum absolute atomic E-state index is 0.00600. The fourth-order valence-electron chi connectivity index (χ4n) is 0.174. The summed E-state index contributed by atoms with van der Waals surface area (Å²) in [5.74, 6) is -0.00600. The highest BCUT2D eigenvalue weighted by molar-refractivity contribution is 6.29. The van der Waals surface area contributed by atoms with Gasteiger partial charge in [0.2, 0.25) is 5.91 Å². The summed E-state index contributed by atoms with van der Waals surface area (Å²) in [6.45, 7) is 1.48. The van der Waals surface area contributed by atoms with Crippen LogP contribution in [0.2, 0.25) is 0 Å². The molecule has 0 aliphatic heterocycles. The summed E-state index contributed by atoms with van der Waals surface area (Å²) in [4.78, 5) is 12.6. The van der Waals surface area contributed by atoms with Gasteiger partial charge < -0.3 is 9.41 Å². The van der Waals surface area contributed by atoms with Crippen LogP contribution < -0.4 is 4.98 Å². The van der Waals surface area contributed by atoms with Crippen LogP contribution in [0.4, 0.5) is 0 Å². The van der Waals surface area contributed by atoms with Crippen LogP contribution in [-0.4, -0.2) is 22.9 Å². The second kappa shape index (κ2) is 3.82. The lowest BCUT2D eigenvalue weighted by atomic mass is 10.8. The van der Waals surface area contributed by atoms with Gasteiger partial charge in [-0.05, 0) is 0 Å². The van der Waals surface area contributed by atoms with Gasteiger partial charge in [0.15, 0.2) is 0 Å². The van der Waals surface area contributed by atoms with Gasteiger partial charge >= 0.3 is 0 Å². The van der Waals surface area contributed by atoms with E-state index in [-0.39, 0.29) is 5.91 Å². The Kier molecular flexibility index (Phi) is 3.63. The third kappa shape index (κ3) is 5.65. The first-order valence-electron chi connectivity index (χ1n) is 2.00. The van der Waals surface area contributed by atoms with Crippen molar-refractivity contribution >= 4 is 15.8 Å². The second-order valence-corrected chi connectivity index (χ2v) is 2.39. The van der Waals surface area contributed by atoms with E-state index >= 15 is 0 Å². The molecule has 0 aromatic carbocycles. The van der Waals surface area contributed by atoms with Gasteiger partial charge in [-0.25, -0.2) is 0 Å². The minimum atomic E-state index is -0.725. The average Bonchev–Trinajstić information content (AvgIpc) is 1.61. The highest BCUT2D eigenvalue weighted by Gasteiger charge is 1.84. The third-order valence-corrected chi connectivity index (χ3v) is 1.40. The normalized spacial score (nSPS) is 10.0. The average molecular weight is 119 g/mol. The molecule has 4 heteroatoms. The maximum Gasteiger partial charge on any atom is 0.266 e. The summed E-state index contributed by atoms with van der Waals surface area (Å²) < 4.78 is 4.66. The van der Waals surface area contributed by atoms with Crippen molar-refractivity contribution < 1.29 is 9.22 Å². The maximum atomic E-state index is 10.0. The Balaban J connectivity index is 2.82. The fraction of sp³-hybridized carbons (Fsp3) is 0.667. The zero-order valence-corrected chi connectivity index (χ0v) is 5.94. The SMILES string of the molecule is CO[SiH2]NC(C)=O. The van der Waals surface area contributed by atoms with E-state index in [0.717, 1.165) is 0 Å². The molecule has 0 aromatic rings. The molecule has 1 N–H and O–H groups in total. The molecule has 0 atom stereocenters.